The predicted molar refractivity (Wildman–Crippen MR) is 76.4 cm³/mol. The number of carboxylic acids is 1. The summed E-state index contributed by atoms with van der Waals surface area (Å²) in [7, 11) is 1.56. The van der Waals surface area contributed by atoms with Crippen LogP contribution in [-0.4, -0.2) is 28.2 Å². The Morgan fingerprint density at radius 1 is 1.30 bits per heavy atom. The number of nitrogens with zero attached hydrogens (tertiary/aromatic N) is 2. The van der Waals surface area contributed by atoms with Gasteiger partial charge in [-0.15, -0.1) is 11.3 Å². The molecular weight excluding hydrogens is 276 g/mol. The van der Waals surface area contributed by atoms with E-state index in [0.29, 0.717) is 5.88 Å². The molecule has 5 nitrogen and oxygen atoms in total. The van der Waals surface area contributed by atoms with Gasteiger partial charge in [0.1, 0.15) is 5.01 Å². The normalized spacial score (nSPS) is 10.7. The SMILES string of the molecule is COc1cc(-c2nc3ccc(C(=O)O)cc3s2)ccn1. The zero-order valence-electron chi connectivity index (χ0n) is 10.5. The maximum absolute atomic E-state index is 11.0. The third-order valence-electron chi connectivity index (χ3n) is 2.83. The van der Waals surface area contributed by atoms with Gasteiger partial charge in [-0.3, -0.25) is 0 Å². The van der Waals surface area contributed by atoms with E-state index in [9.17, 15) is 4.79 Å². The average Bonchev–Trinajstić information content (AvgIpc) is 2.90. The Morgan fingerprint density at radius 2 is 2.15 bits per heavy atom. The fraction of sp³-hybridized carbons (Fsp3) is 0.0714. The molecule has 3 rings (SSSR count). The molecule has 0 spiro atoms. The van der Waals surface area contributed by atoms with E-state index in [0.717, 1.165) is 20.8 Å². The van der Waals surface area contributed by atoms with Crippen molar-refractivity contribution < 1.29 is 14.6 Å². The highest BCUT2D eigenvalue weighted by molar-refractivity contribution is 7.21. The van der Waals surface area contributed by atoms with Crippen molar-refractivity contribution in [3.8, 4) is 16.5 Å². The summed E-state index contributed by atoms with van der Waals surface area (Å²) in [4.78, 5) is 19.5. The fourth-order valence-electron chi connectivity index (χ4n) is 1.84. The summed E-state index contributed by atoms with van der Waals surface area (Å²) in [5, 5.41) is 9.80. The molecule has 0 bridgehead atoms. The van der Waals surface area contributed by atoms with Crippen LogP contribution >= 0.6 is 11.3 Å². The van der Waals surface area contributed by atoms with Gasteiger partial charge >= 0.3 is 5.97 Å². The maximum atomic E-state index is 11.0. The highest BCUT2D eigenvalue weighted by Gasteiger charge is 2.10. The molecule has 1 aromatic carbocycles. The lowest BCUT2D eigenvalue weighted by Gasteiger charge is -1.99. The van der Waals surface area contributed by atoms with Gasteiger partial charge in [0.15, 0.2) is 0 Å². The number of carboxylic acid groups (broad SMARTS) is 1. The number of fused-ring (bicyclic) bond motifs is 1. The van der Waals surface area contributed by atoms with Gasteiger partial charge in [-0.25, -0.2) is 14.8 Å². The van der Waals surface area contributed by atoms with Crippen molar-refractivity contribution in [2.45, 2.75) is 0 Å². The van der Waals surface area contributed by atoms with E-state index >= 15 is 0 Å². The quantitative estimate of drug-likeness (QED) is 0.801. The molecule has 20 heavy (non-hydrogen) atoms. The van der Waals surface area contributed by atoms with E-state index in [1.54, 1.807) is 37.6 Å². The van der Waals surface area contributed by atoms with Crippen LogP contribution < -0.4 is 4.74 Å². The van der Waals surface area contributed by atoms with Gasteiger partial charge in [-0.1, -0.05) is 0 Å². The molecule has 0 radical (unpaired) electrons. The Balaban J connectivity index is 2.10. The lowest BCUT2D eigenvalue weighted by molar-refractivity contribution is 0.0697. The molecule has 100 valence electrons. The Hall–Kier alpha value is -2.47. The zero-order chi connectivity index (χ0) is 14.1. The first kappa shape index (κ1) is 12.6. The Morgan fingerprint density at radius 3 is 2.90 bits per heavy atom. The minimum absolute atomic E-state index is 0.264. The molecule has 3 aromatic rings. The topological polar surface area (TPSA) is 72.3 Å². The molecule has 0 aliphatic carbocycles. The molecular formula is C14H10N2O3S. The molecule has 0 aliphatic rings. The van der Waals surface area contributed by atoms with Crippen molar-refractivity contribution in [1.29, 1.82) is 0 Å². The lowest BCUT2D eigenvalue weighted by atomic mass is 10.2. The monoisotopic (exact) mass is 286 g/mol. The Kier molecular flexibility index (Phi) is 3.08. The van der Waals surface area contributed by atoms with Gasteiger partial charge in [0.05, 0.1) is 22.9 Å². The fourth-order valence-corrected chi connectivity index (χ4v) is 2.84. The molecule has 0 saturated heterocycles. The second-order valence-electron chi connectivity index (χ2n) is 4.09. The number of carbonyl (C=O) groups is 1. The number of hydrogen-bond acceptors (Lipinski definition) is 5. The van der Waals surface area contributed by atoms with Crippen molar-refractivity contribution in [2.24, 2.45) is 0 Å². The minimum Gasteiger partial charge on any atom is -0.481 e. The van der Waals surface area contributed by atoms with Crippen LogP contribution in [0.25, 0.3) is 20.8 Å². The largest absolute Gasteiger partial charge is 0.481 e. The summed E-state index contributed by atoms with van der Waals surface area (Å²) in [5.41, 5.74) is 1.95. The van der Waals surface area contributed by atoms with Crippen LogP contribution in [0.4, 0.5) is 0 Å². The Bertz CT molecular complexity index is 798. The molecule has 2 heterocycles. The number of aromatic carboxylic acids is 1. The summed E-state index contributed by atoms with van der Waals surface area (Å²) in [5.74, 6) is -0.416. The molecule has 0 fully saturated rings. The molecule has 0 aliphatic heterocycles. The van der Waals surface area contributed by atoms with E-state index in [-0.39, 0.29) is 5.56 Å². The molecule has 0 unspecified atom stereocenters. The zero-order valence-corrected chi connectivity index (χ0v) is 11.3. The van der Waals surface area contributed by atoms with Crippen molar-refractivity contribution in [1.82, 2.24) is 9.97 Å². The van der Waals surface area contributed by atoms with E-state index in [1.807, 2.05) is 6.07 Å². The van der Waals surface area contributed by atoms with Crippen molar-refractivity contribution >= 4 is 27.5 Å². The minimum atomic E-state index is -0.938. The van der Waals surface area contributed by atoms with Crippen molar-refractivity contribution in [2.75, 3.05) is 7.11 Å². The summed E-state index contributed by atoms with van der Waals surface area (Å²) < 4.78 is 5.93. The number of benzene rings is 1. The highest BCUT2D eigenvalue weighted by Crippen LogP contribution is 2.31. The average molecular weight is 286 g/mol. The molecule has 2 aromatic heterocycles. The van der Waals surface area contributed by atoms with Gasteiger partial charge in [-0.05, 0) is 24.3 Å². The summed E-state index contributed by atoms with van der Waals surface area (Å²) in [6, 6.07) is 8.56. The summed E-state index contributed by atoms with van der Waals surface area (Å²) in [6.45, 7) is 0. The van der Waals surface area contributed by atoms with E-state index in [2.05, 4.69) is 9.97 Å². The first-order chi connectivity index (χ1) is 9.67. The van der Waals surface area contributed by atoms with Gasteiger partial charge in [0, 0.05) is 17.8 Å². The van der Waals surface area contributed by atoms with Crippen LogP contribution in [0.5, 0.6) is 5.88 Å². The first-order valence-corrected chi connectivity index (χ1v) is 6.63. The number of methoxy groups -OCH3 is 1. The number of rotatable bonds is 3. The maximum Gasteiger partial charge on any atom is 0.335 e. The number of ether oxygens (including phenoxy) is 1. The van der Waals surface area contributed by atoms with Crippen molar-refractivity contribution in [3.63, 3.8) is 0 Å². The Labute approximate surface area is 118 Å². The van der Waals surface area contributed by atoms with Crippen LogP contribution in [0, 0.1) is 0 Å². The van der Waals surface area contributed by atoms with Crippen molar-refractivity contribution in [3.05, 3.63) is 42.1 Å². The molecule has 0 atom stereocenters. The number of aromatic nitrogens is 2. The number of pyridine rings is 1. The smallest absolute Gasteiger partial charge is 0.335 e. The first-order valence-electron chi connectivity index (χ1n) is 5.81. The molecule has 6 heteroatoms. The van der Waals surface area contributed by atoms with E-state index in [1.165, 1.54) is 11.3 Å². The third kappa shape index (κ3) is 2.21. The summed E-state index contributed by atoms with van der Waals surface area (Å²) in [6.07, 6.45) is 1.66. The number of hydrogen-bond donors (Lipinski definition) is 1. The second-order valence-corrected chi connectivity index (χ2v) is 5.12. The van der Waals surface area contributed by atoms with E-state index in [4.69, 9.17) is 9.84 Å². The summed E-state index contributed by atoms with van der Waals surface area (Å²) >= 11 is 1.44. The van der Waals surface area contributed by atoms with Crippen LogP contribution in [-0.2, 0) is 0 Å². The van der Waals surface area contributed by atoms with Crippen LogP contribution in [0.15, 0.2) is 36.5 Å². The van der Waals surface area contributed by atoms with Crippen LogP contribution in [0.3, 0.4) is 0 Å². The highest BCUT2D eigenvalue weighted by atomic mass is 32.1. The van der Waals surface area contributed by atoms with Crippen LogP contribution in [0.1, 0.15) is 10.4 Å². The molecule has 0 saturated carbocycles. The van der Waals surface area contributed by atoms with Crippen LogP contribution in [0.2, 0.25) is 0 Å². The lowest BCUT2D eigenvalue weighted by Crippen LogP contribution is -1.94. The van der Waals surface area contributed by atoms with Gasteiger partial charge < -0.3 is 9.84 Å². The van der Waals surface area contributed by atoms with Gasteiger partial charge in [0.25, 0.3) is 0 Å². The van der Waals surface area contributed by atoms with E-state index < -0.39 is 5.97 Å². The molecule has 1 N–H and O–H groups in total. The molecule has 0 amide bonds. The predicted octanol–water partition coefficient (Wildman–Crippen LogP) is 3.07. The number of thiazole rings is 1. The third-order valence-corrected chi connectivity index (χ3v) is 3.89. The van der Waals surface area contributed by atoms with Gasteiger partial charge in [-0.2, -0.15) is 0 Å². The standard InChI is InChI=1S/C14H10N2O3S/c1-19-12-7-8(4-5-15-12)13-16-10-3-2-9(14(17)18)6-11(10)20-13/h2-7H,1H3,(H,17,18). The van der Waals surface area contributed by atoms with Gasteiger partial charge in [0.2, 0.25) is 5.88 Å². The second kappa shape index (κ2) is 4.90.